The molecule has 0 aliphatic rings. The standard InChI is InChI=1S/C15H17OP.B/c1-16-15-11-7-6-8-13(15)12-17(2)14-9-4-3-5-10-14;/h3-11H,12H2,1-2H3;. The van der Waals surface area contributed by atoms with Gasteiger partial charge >= 0.3 is 0 Å². The summed E-state index contributed by atoms with van der Waals surface area (Å²) < 4.78 is 5.39. The first-order chi connectivity index (χ1) is 8.31. The van der Waals surface area contributed by atoms with E-state index >= 15 is 0 Å². The van der Waals surface area contributed by atoms with Crippen molar-refractivity contribution >= 4 is 21.6 Å². The van der Waals surface area contributed by atoms with Crippen molar-refractivity contribution in [2.45, 2.75) is 6.16 Å². The average molecular weight is 255 g/mol. The quantitative estimate of drug-likeness (QED) is 0.602. The zero-order valence-electron chi connectivity index (χ0n) is 10.8. The smallest absolute Gasteiger partial charge is 0.122 e. The molecule has 0 amide bonds. The third kappa shape index (κ3) is 3.61. The van der Waals surface area contributed by atoms with Gasteiger partial charge in [0.15, 0.2) is 0 Å². The maximum absolute atomic E-state index is 5.39. The summed E-state index contributed by atoms with van der Waals surface area (Å²) in [7, 11) is 1.58. The predicted molar refractivity (Wildman–Crippen MR) is 81.4 cm³/mol. The van der Waals surface area contributed by atoms with Crippen LogP contribution in [0.15, 0.2) is 54.6 Å². The van der Waals surface area contributed by atoms with Gasteiger partial charge in [-0.15, -0.1) is 0 Å². The molecule has 0 fully saturated rings. The van der Waals surface area contributed by atoms with Gasteiger partial charge in [-0.05, 0) is 23.6 Å². The zero-order chi connectivity index (χ0) is 12.1. The van der Waals surface area contributed by atoms with Crippen molar-refractivity contribution in [3.05, 3.63) is 60.2 Å². The van der Waals surface area contributed by atoms with Crippen LogP contribution in [0.25, 0.3) is 0 Å². The molecule has 0 N–H and O–H groups in total. The summed E-state index contributed by atoms with van der Waals surface area (Å²) in [5.41, 5.74) is 1.30. The van der Waals surface area contributed by atoms with Gasteiger partial charge in [0.25, 0.3) is 0 Å². The summed E-state index contributed by atoms with van der Waals surface area (Å²) in [4.78, 5) is 0. The molecule has 1 nitrogen and oxygen atoms in total. The molecule has 0 spiro atoms. The number of hydrogen-bond donors (Lipinski definition) is 0. The van der Waals surface area contributed by atoms with Gasteiger partial charge in [-0.25, -0.2) is 0 Å². The Morgan fingerprint density at radius 3 is 2.22 bits per heavy atom. The molecular formula is C15H17BOP. The fourth-order valence-corrected chi connectivity index (χ4v) is 3.50. The lowest BCUT2D eigenvalue weighted by Crippen LogP contribution is -2.01. The summed E-state index contributed by atoms with van der Waals surface area (Å²) in [6, 6.07) is 19.0. The Labute approximate surface area is 113 Å². The van der Waals surface area contributed by atoms with Crippen LogP contribution in [0.4, 0.5) is 0 Å². The Morgan fingerprint density at radius 2 is 1.56 bits per heavy atom. The fourth-order valence-electron chi connectivity index (χ4n) is 1.86. The van der Waals surface area contributed by atoms with Crippen LogP contribution < -0.4 is 10.0 Å². The summed E-state index contributed by atoms with van der Waals surface area (Å²) >= 11 is 0. The van der Waals surface area contributed by atoms with E-state index in [0.29, 0.717) is 0 Å². The van der Waals surface area contributed by atoms with Crippen LogP contribution in [0.5, 0.6) is 5.75 Å². The van der Waals surface area contributed by atoms with Gasteiger partial charge in [0.1, 0.15) is 5.75 Å². The van der Waals surface area contributed by atoms with Gasteiger partial charge in [0.2, 0.25) is 0 Å². The number of ether oxygens (including phenoxy) is 1. The fraction of sp³-hybridized carbons (Fsp3) is 0.200. The molecule has 0 saturated heterocycles. The van der Waals surface area contributed by atoms with Gasteiger partial charge in [-0.1, -0.05) is 56.5 Å². The number of para-hydroxylation sites is 1. The van der Waals surface area contributed by atoms with Crippen LogP contribution in [0.2, 0.25) is 0 Å². The van der Waals surface area contributed by atoms with E-state index in [9.17, 15) is 0 Å². The molecule has 3 radical (unpaired) electrons. The normalized spacial score (nSPS) is 11.4. The molecule has 0 aliphatic carbocycles. The van der Waals surface area contributed by atoms with Crippen LogP contribution in [0, 0.1) is 0 Å². The lowest BCUT2D eigenvalue weighted by molar-refractivity contribution is 0.411. The second kappa shape index (κ2) is 7.23. The van der Waals surface area contributed by atoms with Gasteiger partial charge < -0.3 is 4.74 Å². The van der Waals surface area contributed by atoms with E-state index in [4.69, 9.17) is 4.74 Å². The Balaban J connectivity index is 0.00000162. The molecule has 2 aromatic rings. The van der Waals surface area contributed by atoms with Crippen molar-refractivity contribution in [1.82, 2.24) is 0 Å². The highest BCUT2D eigenvalue weighted by Gasteiger charge is 2.08. The summed E-state index contributed by atoms with van der Waals surface area (Å²) in [6.07, 6.45) is 1.07. The third-order valence-corrected chi connectivity index (χ3v) is 4.79. The second-order valence-electron chi connectivity index (χ2n) is 4.00. The Bertz CT molecular complexity index is 473. The molecule has 0 aliphatic heterocycles. The van der Waals surface area contributed by atoms with E-state index < -0.39 is 0 Å². The van der Waals surface area contributed by atoms with E-state index in [1.165, 1.54) is 10.9 Å². The molecule has 0 aromatic heterocycles. The van der Waals surface area contributed by atoms with Crippen molar-refractivity contribution in [3.8, 4) is 5.75 Å². The number of rotatable bonds is 4. The molecule has 0 bridgehead atoms. The molecule has 91 valence electrons. The number of methoxy groups -OCH3 is 1. The molecule has 1 atom stereocenters. The lowest BCUT2D eigenvalue weighted by atomic mass is 10.2. The minimum absolute atomic E-state index is 0. The molecule has 0 saturated carbocycles. The molecular weight excluding hydrogens is 238 g/mol. The maximum atomic E-state index is 5.39. The average Bonchev–Trinajstić information content (AvgIpc) is 2.40. The summed E-state index contributed by atoms with van der Waals surface area (Å²) in [5.74, 6) is 0.998. The van der Waals surface area contributed by atoms with Crippen molar-refractivity contribution < 1.29 is 4.74 Å². The Morgan fingerprint density at radius 1 is 0.944 bits per heavy atom. The largest absolute Gasteiger partial charge is 0.496 e. The van der Waals surface area contributed by atoms with E-state index in [1.54, 1.807) is 7.11 Å². The number of hydrogen-bond acceptors (Lipinski definition) is 1. The first-order valence-electron chi connectivity index (χ1n) is 5.69. The predicted octanol–water partition coefficient (Wildman–Crippen LogP) is 3.25. The second-order valence-corrected chi connectivity index (χ2v) is 6.23. The summed E-state index contributed by atoms with van der Waals surface area (Å²) in [6.45, 7) is 2.32. The molecule has 18 heavy (non-hydrogen) atoms. The van der Waals surface area contributed by atoms with Crippen molar-refractivity contribution in [2.24, 2.45) is 0 Å². The monoisotopic (exact) mass is 255 g/mol. The molecule has 1 unspecified atom stereocenters. The van der Waals surface area contributed by atoms with Crippen LogP contribution in [-0.2, 0) is 6.16 Å². The lowest BCUT2D eigenvalue weighted by Gasteiger charge is -2.14. The van der Waals surface area contributed by atoms with Gasteiger partial charge in [0.05, 0.1) is 7.11 Å². The Kier molecular flexibility index (Phi) is 5.94. The zero-order valence-corrected chi connectivity index (χ0v) is 11.7. The van der Waals surface area contributed by atoms with Gasteiger partial charge in [0, 0.05) is 14.6 Å². The van der Waals surface area contributed by atoms with Crippen LogP contribution in [-0.4, -0.2) is 22.2 Å². The van der Waals surface area contributed by atoms with Crippen LogP contribution >= 0.6 is 7.92 Å². The molecule has 3 heteroatoms. The first-order valence-corrected chi connectivity index (χ1v) is 7.67. The molecule has 2 rings (SSSR count). The highest BCUT2D eigenvalue weighted by atomic mass is 31.1. The van der Waals surface area contributed by atoms with E-state index in [2.05, 4.69) is 49.1 Å². The van der Waals surface area contributed by atoms with Gasteiger partial charge in [-0.3, -0.25) is 0 Å². The summed E-state index contributed by atoms with van der Waals surface area (Å²) in [5, 5.41) is 1.44. The van der Waals surface area contributed by atoms with E-state index in [0.717, 1.165) is 11.9 Å². The SMILES string of the molecule is COc1ccccc1CP(C)c1ccccc1.[B]. The van der Waals surface area contributed by atoms with Crippen LogP contribution in [0.3, 0.4) is 0 Å². The minimum atomic E-state index is -0.154. The minimum Gasteiger partial charge on any atom is -0.496 e. The number of benzene rings is 2. The third-order valence-electron chi connectivity index (χ3n) is 2.80. The highest BCUT2D eigenvalue weighted by molar-refractivity contribution is 7.64. The van der Waals surface area contributed by atoms with E-state index in [-0.39, 0.29) is 16.3 Å². The highest BCUT2D eigenvalue weighted by Crippen LogP contribution is 2.37. The molecule has 0 heterocycles. The maximum Gasteiger partial charge on any atom is 0.122 e. The van der Waals surface area contributed by atoms with E-state index in [1.807, 2.05) is 12.1 Å². The first kappa shape index (κ1) is 14.8. The van der Waals surface area contributed by atoms with Crippen molar-refractivity contribution in [2.75, 3.05) is 13.8 Å². The van der Waals surface area contributed by atoms with Crippen molar-refractivity contribution in [3.63, 3.8) is 0 Å². The topological polar surface area (TPSA) is 9.23 Å². The Hall–Kier alpha value is -1.27. The van der Waals surface area contributed by atoms with Crippen LogP contribution in [0.1, 0.15) is 5.56 Å². The van der Waals surface area contributed by atoms with Crippen molar-refractivity contribution in [1.29, 1.82) is 0 Å². The molecule has 2 aromatic carbocycles. The van der Waals surface area contributed by atoms with Gasteiger partial charge in [-0.2, -0.15) is 0 Å².